The summed E-state index contributed by atoms with van der Waals surface area (Å²) in [6.45, 7) is 2.73. The second-order valence-corrected chi connectivity index (χ2v) is 7.33. The van der Waals surface area contributed by atoms with E-state index in [0.29, 0.717) is 17.5 Å². The van der Waals surface area contributed by atoms with E-state index < -0.39 is 6.10 Å². The minimum atomic E-state index is -0.581. The van der Waals surface area contributed by atoms with Crippen molar-refractivity contribution < 1.29 is 5.11 Å². The number of aliphatic hydroxyl groups is 1. The number of nitrogens with two attached hydrogens (primary N) is 1. The Morgan fingerprint density at radius 2 is 2.30 bits per heavy atom. The number of aliphatic hydroxyl groups excluding tert-OH is 1. The summed E-state index contributed by atoms with van der Waals surface area (Å²) in [6.07, 6.45) is 4.94. The molecule has 20 heavy (non-hydrogen) atoms. The van der Waals surface area contributed by atoms with Crippen LogP contribution in [0.4, 0.5) is 0 Å². The van der Waals surface area contributed by atoms with Crippen molar-refractivity contribution >= 4 is 27.5 Å². The first-order chi connectivity index (χ1) is 9.52. The first kappa shape index (κ1) is 16.3. The molecule has 2 nitrogen and oxygen atoms in total. The molecule has 0 radical (unpaired) electrons. The maximum atomic E-state index is 10.9. The molecule has 0 bridgehead atoms. The van der Waals surface area contributed by atoms with Crippen molar-refractivity contribution in [1.82, 2.24) is 0 Å². The van der Waals surface area contributed by atoms with Crippen molar-refractivity contribution in [3.05, 3.63) is 33.3 Å². The zero-order chi connectivity index (χ0) is 14.8. The summed E-state index contributed by atoms with van der Waals surface area (Å²) >= 11 is 9.70. The predicted octanol–water partition coefficient (Wildman–Crippen LogP) is 4.68. The lowest BCUT2D eigenvalue weighted by atomic mass is 9.64. The fourth-order valence-electron chi connectivity index (χ4n) is 3.47. The molecule has 0 amide bonds. The average Bonchev–Trinajstić information content (AvgIpc) is 2.46. The number of hydrogen-bond donors (Lipinski definition) is 2. The highest BCUT2D eigenvalue weighted by molar-refractivity contribution is 9.10. The Labute approximate surface area is 134 Å². The van der Waals surface area contributed by atoms with Crippen molar-refractivity contribution in [3.63, 3.8) is 0 Å². The van der Waals surface area contributed by atoms with Crippen molar-refractivity contribution in [2.75, 3.05) is 6.54 Å². The van der Waals surface area contributed by atoms with Crippen molar-refractivity contribution in [3.8, 4) is 0 Å². The maximum Gasteiger partial charge on any atom is 0.0872 e. The van der Waals surface area contributed by atoms with E-state index in [0.717, 1.165) is 35.7 Å². The van der Waals surface area contributed by atoms with Gasteiger partial charge in [-0.05, 0) is 36.5 Å². The number of halogens is 2. The van der Waals surface area contributed by atoms with Gasteiger partial charge in [-0.25, -0.2) is 0 Å². The molecule has 1 aromatic carbocycles. The minimum Gasteiger partial charge on any atom is -0.388 e. The third kappa shape index (κ3) is 3.22. The number of benzene rings is 1. The monoisotopic (exact) mass is 359 g/mol. The van der Waals surface area contributed by atoms with Crippen LogP contribution in [0.3, 0.4) is 0 Å². The van der Waals surface area contributed by atoms with Crippen LogP contribution in [0.1, 0.15) is 50.7 Å². The van der Waals surface area contributed by atoms with Gasteiger partial charge in [0.05, 0.1) is 6.10 Å². The molecule has 0 saturated heterocycles. The van der Waals surface area contributed by atoms with Gasteiger partial charge in [0, 0.05) is 21.5 Å². The van der Waals surface area contributed by atoms with Crippen LogP contribution in [0.15, 0.2) is 22.7 Å². The quantitative estimate of drug-likeness (QED) is 0.819. The summed E-state index contributed by atoms with van der Waals surface area (Å²) in [4.78, 5) is 0. The first-order valence-corrected chi connectivity index (χ1v) is 8.52. The van der Waals surface area contributed by atoms with Gasteiger partial charge in [0.25, 0.3) is 0 Å². The Morgan fingerprint density at radius 3 is 2.90 bits per heavy atom. The number of rotatable bonds is 4. The Kier molecular flexibility index (Phi) is 5.52. The highest BCUT2D eigenvalue weighted by atomic mass is 79.9. The SMILES string of the molecule is CCC1CCCC(CN)(C(O)c2ccc(Br)cc2Cl)C1. The molecular weight excluding hydrogens is 338 g/mol. The molecule has 0 spiro atoms. The van der Waals surface area contributed by atoms with E-state index in [1.807, 2.05) is 18.2 Å². The molecule has 1 aliphatic carbocycles. The molecule has 4 heteroatoms. The van der Waals surface area contributed by atoms with E-state index in [-0.39, 0.29) is 5.41 Å². The molecule has 1 aromatic rings. The highest BCUT2D eigenvalue weighted by Gasteiger charge is 2.42. The van der Waals surface area contributed by atoms with Gasteiger partial charge in [0.2, 0.25) is 0 Å². The zero-order valence-corrected chi connectivity index (χ0v) is 14.3. The molecule has 3 atom stereocenters. The minimum absolute atomic E-state index is 0.226. The lowest BCUT2D eigenvalue weighted by Crippen LogP contribution is -2.41. The number of hydrogen-bond acceptors (Lipinski definition) is 2. The van der Waals surface area contributed by atoms with E-state index >= 15 is 0 Å². The van der Waals surface area contributed by atoms with E-state index in [1.54, 1.807) is 0 Å². The van der Waals surface area contributed by atoms with E-state index in [1.165, 1.54) is 6.42 Å². The second kappa shape index (κ2) is 6.78. The van der Waals surface area contributed by atoms with Crippen molar-refractivity contribution in [2.24, 2.45) is 17.1 Å². The van der Waals surface area contributed by atoms with Crippen LogP contribution in [0, 0.1) is 11.3 Å². The van der Waals surface area contributed by atoms with Crippen LogP contribution >= 0.6 is 27.5 Å². The molecule has 3 unspecified atom stereocenters. The third-order valence-electron chi connectivity index (χ3n) is 4.80. The van der Waals surface area contributed by atoms with Gasteiger partial charge in [-0.1, -0.05) is 59.8 Å². The summed E-state index contributed by atoms with van der Waals surface area (Å²) in [6, 6.07) is 5.67. The molecule has 0 heterocycles. The lowest BCUT2D eigenvalue weighted by molar-refractivity contribution is -0.0161. The van der Waals surface area contributed by atoms with Crippen LogP contribution in [0.2, 0.25) is 5.02 Å². The van der Waals surface area contributed by atoms with Crippen LogP contribution in [-0.4, -0.2) is 11.7 Å². The molecule has 2 rings (SSSR count). The van der Waals surface area contributed by atoms with Gasteiger partial charge in [0.1, 0.15) is 0 Å². The van der Waals surface area contributed by atoms with Crippen LogP contribution in [-0.2, 0) is 0 Å². The van der Waals surface area contributed by atoms with Gasteiger partial charge < -0.3 is 10.8 Å². The second-order valence-electron chi connectivity index (χ2n) is 6.01. The van der Waals surface area contributed by atoms with Crippen molar-refractivity contribution in [1.29, 1.82) is 0 Å². The van der Waals surface area contributed by atoms with Crippen LogP contribution in [0.25, 0.3) is 0 Å². The fraction of sp³-hybridized carbons (Fsp3) is 0.625. The summed E-state index contributed by atoms with van der Waals surface area (Å²) in [7, 11) is 0. The molecule has 0 aliphatic heterocycles. The molecule has 0 aromatic heterocycles. The van der Waals surface area contributed by atoms with E-state index in [4.69, 9.17) is 17.3 Å². The Balaban J connectivity index is 2.30. The largest absolute Gasteiger partial charge is 0.388 e. The van der Waals surface area contributed by atoms with Gasteiger partial charge >= 0.3 is 0 Å². The lowest BCUT2D eigenvalue weighted by Gasteiger charge is -2.43. The van der Waals surface area contributed by atoms with Gasteiger partial charge in [-0.3, -0.25) is 0 Å². The smallest absolute Gasteiger partial charge is 0.0872 e. The highest BCUT2D eigenvalue weighted by Crippen LogP contribution is 2.49. The van der Waals surface area contributed by atoms with Crippen LogP contribution < -0.4 is 5.73 Å². The fourth-order valence-corrected chi connectivity index (χ4v) is 4.25. The standard InChI is InChI=1S/C16H23BrClNO/c1-2-11-4-3-7-16(9-11,10-19)15(20)13-6-5-12(17)8-14(13)18/h5-6,8,11,15,20H,2-4,7,9-10,19H2,1H3. The zero-order valence-electron chi connectivity index (χ0n) is 11.9. The Hall–Kier alpha value is -0.0900. The molecule has 1 fully saturated rings. The first-order valence-electron chi connectivity index (χ1n) is 7.35. The van der Waals surface area contributed by atoms with Gasteiger partial charge in [-0.15, -0.1) is 0 Å². The predicted molar refractivity (Wildman–Crippen MR) is 87.8 cm³/mol. The Bertz CT molecular complexity index is 468. The van der Waals surface area contributed by atoms with E-state index in [9.17, 15) is 5.11 Å². The molecule has 1 saturated carbocycles. The average molecular weight is 361 g/mol. The van der Waals surface area contributed by atoms with Gasteiger partial charge in [-0.2, -0.15) is 0 Å². The van der Waals surface area contributed by atoms with Gasteiger partial charge in [0.15, 0.2) is 0 Å². The summed E-state index contributed by atoms with van der Waals surface area (Å²) < 4.78 is 0.926. The third-order valence-corrected chi connectivity index (χ3v) is 5.62. The molecule has 112 valence electrons. The summed E-state index contributed by atoms with van der Waals surface area (Å²) in [5.41, 5.74) is 6.64. The topological polar surface area (TPSA) is 46.2 Å². The van der Waals surface area contributed by atoms with E-state index in [2.05, 4.69) is 22.9 Å². The summed E-state index contributed by atoms with van der Waals surface area (Å²) in [5, 5.41) is 11.5. The maximum absolute atomic E-state index is 10.9. The molecular formula is C16H23BrClNO. The molecule has 1 aliphatic rings. The normalized spacial score (nSPS) is 28.4. The van der Waals surface area contributed by atoms with Crippen molar-refractivity contribution in [2.45, 2.75) is 45.1 Å². The molecule has 3 N–H and O–H groups in total. The van der Waals surface area contributed by atoms with Crippen LogP contribution in [0.5, 0.6) is 0 Å². The summed E-state index contributed by atoms with van der Waals surface area (Å²) in [5.74, 6) is 0.663. The Morgan fingerprint density at radius 1 is 1.55 bits per heavy atom.